The molecule has 18 heavy (non-hydrogen) atoms. The van der Waals surface area contributed by atoms with Crippen LogP contribution in [0.25, 0.3) is 0 Å². The molecule has 1 amide bonds. The predicted molar refractivity (Wildman–Crippen MR) is 69.6 cm³/mol. The lowest BCUT2D eigenvalue weighted by atomic mass is 10.1. The number of carbonyl (C=O) groups excluding carboxylic acids is 1. The Morgan fingerprint density at radius 1 is 1.39 bits per heavy atom. The Kier molecular flexibility index (Phi) is 6.18. The second-order valence-corrected chi connectivity index (χ2v) is 3.94. The van der Waals surface area contributed by atoms with E-state index in [1.165, 1.54) is 6.07 Å². The quantitative estimate of drug-likeness (QED) is 0.753. The van der Waals surface area contributed by atoms with Gasteiger partial charge in [0, 0.05) is 20.2 Å². The Bertz CT molecular complexity index is 374. The van der Waals surface area contributed by atoms with Crippen molar-refractivity contribution < 1.29 is 14.6 Å². The molecule has 0 aliphatic rings. The molecule has 0 fully saturated rings. The highest BCUT2D eigenvalue weighted by atomic mass is 16.5. The van der Waals surface area contributed by atoms with Crippen LogP contribution in [0, 0.1) is 0 Å². The summed E-state index contributed by atoms with van der Waals surface area (Å²) in [6.45, 7) is 2.04. The molecule has 100 valence electrons. The van der Waals surface area contributed by atoms with Gasteiger partial charge in [0.05, 0.1) is 12.2 Å². The average molecular weight is 252 g/mol. The zero-order chi connectivity index (χ0) is 13.4. The van der Waals surface area contributed by atoms with Crippen molar-refractivity contribution in [1.82, 2.24) is 4.90 Å². The number of para-hydroxylation sites is 1. The van der Waals surface area contributed by atoms with Gasteiger partial charge in [-0.1, -0.05) is 12.1 Å². The molecule has 0 spiro atoms. The largest absolute Gasteiger partial charge is 0.507 e. The van der Waals surface area contributed by atoms with Crippen molar-refractivity contribution in [2.75, 3.05) is 33.4 Å². The van der Waals surface area contributed by atoms with E-state index in [9.17, 15) is 9.90 Å². The molecule has 1 aromatic carbocycles. The van der Waals surface area contributed by atoms with Gasteiger partial charge in [-0.2, -0.15) is 0 Å². The van der Waals surface area contributed by atoms with Crippen molar-refractivity contribution in [2.45, 2.75) is 6.42 Å². The Balaban J connectivity index is 2.77. The van der Waals surface area contributed by atoms with E-state index in [1.807, 2.05) is 0 Å². The fourth-order valence-electron chi connectivity index (χ4n) is 1.62. The number of hydrogen-bond acceptors (Lipinski definition) is 4. The number of nitrogens with zero attached hydrogens (tertiary/aromatic N) is 1. The molecule has 0 saturated carbocycles. The summed E-state index contributed by atoms with van der Waals surface area (Å²) in [5, 5.41) is 9.68. The van der Waals surface area contributed by atoms with Crippen LogP contribution in [0.4, 0.5) is 0 Å². The fraction of sp³-hybridized carbons (Fsp3) is 0.462. The SMILES string of the molecule is COCCN(CCCN)C(=O)c1ccccc1O. The Morgan fingerprint density at radius 3 is 2.72 bits per heavy atom. The number of aromatic hydroxyl groups is 1. The molecule has 5 nitrogen and oxygen atoms in total. The van der Waals surface area contributed by atoms with Crippen molar-refractivity contribution >= 4 is 5.91 Å². The summed E-state index contributed by atoms with van der Waals surface area (Å²) in [5.74, 6) is -0.198. The van der Waals surface area contributed by atoms with Gasteiger partial charge in [-0.25, -0.2) is 0 Å². The van der Waals surface area contributed by atoms with Crippen LogP contribution in [0.3, 0.4) is 0 Å². The summed E-state index contributed by atoms with van der Waals surface area (Å²) in [5.41, 5.74) is 5.77. The minimum absolute atomic E-state index is 0.00216. The summed E-state index contributed by atoms with van der Waals surface area (Å²) < 4.78 is 4.98. The van der Waals surface area contributed by atoms with E-state index < -0.39 is 0 Å². The molecule has 3 N–H and O–H groups in total. The molecule has 5 heteroatoms. The number of ether oxygens (including phenoxy) is 1. The first-order chi connectivity index (χ1) is 8.70. The van der Waals surface area contributed by atoms with Crippen LogP contribution in [-0.4, -0.2) is 49.3 Å². The average Bonchev–Trinajstić information content (AvgIpc) is 2.39. The second kappa shape index (κ2) is 7.68. The molecule has 0 aromatic heterocycles. The van der Waals surface area contributed by atoms with Crippen molar-refractivity contribution in [3.05, 3.63) is 29.8 Å². The summed E-state index contributed by atoms with van der Waals surface area (Å²) in [6.07, 6.45) is 0.725. The Morgan fingerprint density at radius 2 is 2.11 bits per heavy atom. The molecule has 0 heterocycles. The highest BCUT2D eigenvalue weighted by molar-refractivity contribution is 5.96. The molecule has 0 aliphatic carbocycles. The van der Waals surface area contributed by atoms with Crippen LogP contribution in [0.5, 0.6) is 5.75 Å². The number of phenols is 1. The molecule has 0 radical (unpaired) electrons. The molecule has 0 atom stereocenters. The van der Waals surface area contributed by atoms with Gasteiger partial charge in [0.25, 0.3) is 5.91 Å². The van der Waals surface area contributed by atoms with Crippen LogP contribution in [0.2, 0.25) is 0 Å². The predicted octanol–water partition coefficient (Wildman–Crippen LogP) is 0.830. The highest BCUT2D eigenvalue weighted by Gasteiger charge is 2.17. The third-order valence-electron chi connectivity index (χ3n) is 2.62. The third-order valence-corrected chi connectivity index (χ3v) is 2.62. The number of hydrogen-bond donors (Lipinski definition) is 2. The van der Waals surface area contributed by atoms with E-state index in [1.54, 1.807) is 30.2 Å². The van der Waals surface area contributed by atoms with Gasteiger partial charge in [-0.15, -0.1) is 0 Å². The lowest BCUT2D eigenvalue weighted by Crippen LogP contribution is -2.35. The maximum Gasteiger partial charge on any atom is 0.257 e. The number of amides is 1. The van der Waals surface area contributed by atoms with Gasteiger partial charge in [-0.3, -0.25) is 4.79 Å². The molecule has 0 saturated heterocycles. The van der Waals surface area contributed by atoms with Crippen LogP contribution in [-0.2, 0) is 4.74 Å². The zero-order valence-corrected chi connectivity index (χ0v) is 10.6. The van der Waals surface area contributed by atoms with E-state index in [4.69, 9.17) is 10.5 Å². The van der Waals surface area contributed by atoms with Gasteiger partial charge in [0.15, 0.2) is 0 Å². The standard InChI is InChI=1S/C13H20N2O3/c1-18-10-9-15(8-4-7-14)13(17)11-5-2-3-6-12(11)16/h2-3,5-6,16H,4,7-10,14H2,1H3. The van der Waals surface area contributed by atoms with E-state index in [0.29, 0.717) is 31.8 Å². The van der Waals surface area contributed by atoms with Gasteiger partial charge in [0.2, 0.25) is 0 Å². The number of methoxy groups -OCH3 is 1. The molecule has 0 aliphatic heterocycles. The van der Waals surface area contributed by atoms with Gasteiger partial charge in [0.1, 0.15) is 5.75 Å². The van der Waals surface area contributed by atoms with Gasteiger partial charge in [-0.05, 0) is 25.1 Å². The lowest BCUT2D eigenvalue weighted by Gasteiger charge is -2.22. The van der Waals surface area contributed by atoms with E-state index in [-0.39, 0.29) is 11.7 Å². The van der Waals surface area contributed by atoms with Crippen molar-refractivity contribution in [2.24, 2.45) is 5.73 Å². The van der Waals surface area contributed by atoms with Crippen LogP contribution in [0.15, 0.2) is 24.3 Å². The number of carbonyl (C=O) groups is 1. The van der Waals surface area contributed by atoms with Crippen molar-refractivity contribution in [3.8, 4) is 5.75 Å². The number of nitrogens with two attached hydrogens (primary N) is 1. The van der Waals surface area contributed by atoms with E-state index >= 15 is 0 Å². The first-order valence-corrected chi connectivity index (χ1v) is 5.97. The van der Waals surface area contributed by atoms with Gasteiger partial charge < -0.3 is 20.5 Å². The van der Waals surface area contributed by atoms with Crippen LogP contribution in [0.1, 0.15) is 16.8 Å². The minimum Gasteiger partial charge on any atom is -0.507 e. The fourth-order valence-corrected chi connectivity index (χ4v) is 1.62. The maximum atomic E-state index is 12.2. The normalized spacial score (nSPS) is 10.3. The maximum absolute atomic E-state index is 12.2. The summed E-state index contributed by atoms with van der Waals surface area (Å²) >= 11 is 0. The summed E-state index contributed by atoms with van der Waals surface area (Å²) in [7, 11) is 1.59. The molecule has 1 aromatic rings. The Hall–Kier alpha value is -1.59. The number of benzene rings is 1. The lowest BCUT2D eigenvalue weighted by molar-refractivity contribution is 0.0691. The first kappa shape index (κ1) is 14.5. The summed E-state index contributed by atoms with van der Waals surface area (Å²) in [4.78, 5) is 13.9. The molecular formula is C13H20N2O3. The topological polar surface area (TPSA) is 75.8 Å². The van der Waals surface area contributed by atoms with E-state index in [0.717, 1.165) is 6.42 Å². The molecular weight excluding hydrogens is 232 g/mol. The Labute approximate surface area is 107 Å². The monoisotopic (exact) mass is 252 g/mol. The van der Waals surface area contributed by atoms with Crippen molar-refractivity contribution in [1.29, 1.82) is 0 Å². The number of phenolic OH excluding ortho intramolecular Hbond substituents is 1. The highest BCUT2D eigenvalue weighted by Crippen LogP contribution is 2.17. The minimum atomic E-state index is -0.196. The van der Waals surface area contributed by atoms with Gasteiger partial charge >= 0.3 is 0 Å². The first-order valence-electron chi connectivity index (χ1n) is 5.97. The third kappa shape index (κ3) is 4.01. The number of rotatable bonds is 7. The molecule has 0 unspecified atom stereocenters. The van der Waals surface area contributed by atoms with Crippen molar-refractivity contribution in [3.63, 3.8) is 0 Å². The smallest absolute Gasteiger partial charge is 0.257 e. The molecule has 0 bridgehead atoms. The molecule has 1 rings (SSSR count). The van der Waals surface area contributed by atoms with Crippen LogP contribution < -0.4 is 5.73 Å². The zero-order valence-electron chi connectivity index (χ0n) is 10.6. The summed E-state index contributed by atoms with van der Waals surface area (Å²) in [6, 6.07) is 6.53. The second-order valence-electron chi connectivity index (χ2n) is 3.94. The van der Waals surface area contributed by atoms with E-state index in [2.05, 4.69) is 0 Å². The van der Waals surface area contributed by atoms with Crippen LogP contribution >= 0.6 is 0 Å².